The number of carboxylic acid groups (broad SMARTS) is 2. The summed E-state index contributed by atoms with van der Waals surface area (Å²) in [6.07, 6.45) is 0.0989. The van der Waals surface area contributed by atoms with Gasteiger partial charge in [-0.1, -0.05) is 0 Å². The summed E-state index contributed by atoms with van der Waals surface area (Å²) < 4.78 is 22.2. The molecule has 9 heteroatoms. The number of hydrogen-bond acceptors (Lipinski definition) is 5. The van der Waals surface area contributed by atoms with Gasteiger partial charge in [-0.15, -0.1) is 0 Å². The van der Waals surface area contributed by atoms with Crippen molar-refractivity contribution < 1.29 is 33.0 Å². The Bertz CT molecular complexity index is 442. The lowest BCUT2D eigenvalue weighted by Crippen LogP contribution is -2.46. The third-order valence-corrected chi connectivity index (χ3v) is 3.77. The van der Waals surface area contributed by atoms with Gasteiger partial charge >= 0.3 is 11.9 Å². The summed E-state index contributed by atoms with van der Waals surface area (Å²) in [5.74, 6) is -3.58. The summed E-state index contributed by atoms with van der Waals surface area (Å²) in [6.45, 7) is 1.13. The molecule has 2 atom stereocenters. The van der Waals surface area contributed by atoms with Crippen molar-refractivity contribution >= 4 is 27.7 Å². The Labute approximate surface area is 104 Å². The van der Waals surface area contributed by atoms with Crippen LogP contribution in [0.25, 0.3) is 0 Å². The van der Waals surface area contributed by atoms with Crippen molar-refractivity contribution in [3.05, 3.63) is 0 Å². The molecular formula is C9H15NO7S. The SMILES string of the molecule is CC(C(=O)NC(CCC(=O)O)C(=O)O)S(C)(=O)=O. The van der Waals surface area contributed by atoms with Gasteiger partial charge in [-0.25, -0.2) is 13.2 Å². The van der Waals surface area contributed by atoms with E-state index >= 15 is 0 Å². The average molecular weight is 281 g/mol. The Hall–Kier alpha value is -1.64. The zero-order chi connectivity index (χ0) is 14.5. The van der Waals surface area contributed by atoms with Crippen LogP contribution in [0.4, 0.5) is 0 Å². The molecule has 1 amide bonds. The number of aliphatic carboxylic acids is 2. The second kappa shape index (κ2) is 6.34. The number of carbonyl (C=O) groups is 3. The van der Waals surface area contributed by atoms with E-state index in [9.17, 15) is 22.8 Å². The summed E-state index contributed by atoms with van der Waals surface area (Å²) in [6, 6.07) is -1.42. The van der Waals surface area contributed by atoms with Crippen LogP contribution in [0, 0.1) is 0 Å². The van der Waals surface area contributed by atoms with Gasteiger partial charge in [0.1, 0.15) is 11.3 Å². The largest absolute Gasteiger partial charge is 0.481 e. The number of sulfone groups is 1. The lowest BCUT2D eigenvalue weighted by atomic mass is 10.1. The first-order chi connectivity index (χ1) is 8.05. The molecule has 2 unspecified atom stereocenters. The number of amides is 1. The number of nitrogens with one attached hydrogen (secondary N) is 1. The molecule has 0 fully saturated rings. The van der Waals surface area contributed by atoms with E-state index in [-0.39, 0.29) is 6.42 Å². The van der Waals surface area contributed by atoms with Gasteiger partial charge in [0.05, 0.1) is 0 Å². The van der Waals surface area contributed by atoms with Crippen LogP contribution in [0.3, 0.4) is 0 Å². The van der Waals surface area contributed by atoms with Gasteiger partial charge in [-0.2, -0.15) is 0 Å². The molecule has 104 valence electrons. The molecule has 0 bridgehead atoms. The van der Waals surface area contributed by atoms with Crippen LogP contribution in [0.15, 0.2) is 0 Å². The molecule has 0 aromatic carbocycles. The van der Waals surface area contributed by atoms with Crippen molar-refractivity contribution in [2.45, 2.75) is 31.1 Å². The summed E-state index contributed by atoms with van der Waals surface area (Å²) in [4.78, 5) is 32.5. The normalized spacial score (nSPS) is 14.6. The fraction of sp³-hybridized carbons (Fsp3) is 0.667. The highest BCUT2D eigenvalue weighted by Crippen LogP contribution is 2.02. The summed E-state index contributed by atoms with van der Waals surface area (Å²) in [7, 11) is -3.63. The smallest absolute Gasteiger partial charge is 0.326 e. The van der Waals surface area contributed by atoms with Gasteiger partial charge in [0, 0.05) is 12.7 Å². The molecule has 0 saturated carbocycles. The second-order valence-corrected chi connectivity index (χ2v) is 6.17. The molecule has 0 aliphatic heterocycles. The monoisotopic (exact) mass is 281 g/mol. The maximum absolute atomic E-state index is 11.4. The zero-order valence-corrected chi connectivity index (χ0v) is 10.7. The minimum atomic E-state index is -3.63. The van der Waals surface area contributed by atoms with E-state index < -0.39 is 45.4 Å². The molecule has 0 rings (SSSR count). The fourth-order valence-corrected chi connectivity index (χ4v) is 1.47. The number of carbonyl (C=O) groups excluding carboxylic acids is 1. The van der Waals surface area contributed by atoms with E-state index in [0.29, 0.717) is 0 Å². The third-order valence-electron chi connectivity index (χ3n) is 2.27. The van der Waals surface area contributed by atoms with Crippen molar-refractivity contribution in [2.24, 2.45) is 0 Å². The Kier molecular flexibility index (Phi) is 5.76. The minimum absolute atomic E-state index is 0.313. The predicted octanol–water partition coefficient (Wildman–Crippen LogP) is -1.15. The fourth-order valence-electron chi connectivity index (χ4n) is 1.01. The molecule has 0 aliphatic rings. The lowest BCUT2D eigenvalue weighted by molar-refractivity contribution is -0.143. The Morgan fingerprint density at radius 1 is 1.22 bits per heavy atom. The summed E-state index contributed by atoms with van der Waals surface area (Å²) >= 11 is 0. The second-order valence-electron chi connectivity index (χ2n) is 3.80. The first-order valence-corrected chi connectivity index (χ1v) is 6.95. The predicted molar refractivity (Wildman–Crippen MR) is 60.7 cm³/mol. The van der Waals surface area contributed by atoms with Crippen LogP contribution < -0.4 is 5.32 Å². The van der Waals surface area contributed by atoms with Crippen LogP contribution in [-0.4, -0.2) is 54.0 Å². The van der Waals surface area contributed by atoms with E-state index in [1.807, 2.05) is 5.32 Å². The lowest BCUT2D eigenvalue weighted by Gasteiger charge is -2.16. The standard InChI is InChI=1S/C9H15NO7S/c1-5(18(2,16)17)8(13)10-6(9(14)15)3-4-7(11)12/h5-6H,3-4H2,1-2H3,(H,10,13)(H,11,12)(H,14,15). The van der Waals surface area contributed by atoms with Crippen LogP contribution in [0.5, 0.6) is 0 Å². The topological polar surface area (TPSA) is 138 Å². The van der Waals surface area contributed by atoms with Gasteiger partial charge in [0.25, 0.3) is 0 Å². The average Bonchev–Trinajstić information content (AvgIpc) is 2.20. The highest BCUT2D eigenvalue weighted by atomic mass is 32.2. The molecule has 0 radical (unpaired) electrons. The third kappa shape index (κ3) is 5.62. The van der Waals surface area contributed by atoms with Crippen molar-refractivity contribution in [1.82, 2.24) is 5.32 Å². The number of hydrogen-bond donors (Lipinski definition) is 3. The number of carboxylic acids is 2. The van der Waals surface area contributed by atoms with Crippen LogP contribution in [0.2, 0.25) is 0 Å². The first-order valence-electron chi connectivity index (χ1n) is 4.99. The molecule has 0 aromatic heterocycles. The highest BCUT2D eigenvalue weighted by molar-refractivity contribution is 7.92. The molecule has 0 saturated heterocycles. The number of rotatable bonds is 7. The maximum Gasteiger partial charge on any atom is 0.326 e. The molecule has 18 heavy (non-hydrogen) atoms. The van der Waals surface area contributed by atoms with E-state index in [1.165, 1.54) is 0 Å². The van der Waals surface area contributed by atoms with Gasteiger partial charge in [0.15, 0.2) is 9.84 Å². The van der Waals surface area contributed by atoms with Gasteiger partial charge < -0.3 is 15.5 Å². The van der Waals surface area contributed by atoms with Crippen molar-refractivity contribution in [2.75, 3.05) is 6.26 Å². The van der Waals surface area contributed by atoms with Crippen LogP contribution in [-0.2, 0) is 24.2 Å². The Morgan fingerprint density at radius 3 is 2.06 bits per heavy atom. The molecule has 3 N–H and O–H groups in total. The van der Waals surface area contributed by atoms with Crippen molar-refractivity contribution in [3.8, 4) is 0 Å². The summed E-state index contributed by atoms with van der Waals surface area (Å²) in [5.41, 5.74) is 0. The molecular weight excluding hydrogens is 266 g/mol. The van der Waals surface area contributed by atoms with Crippen LogP contribution in [0.1, 0.15) is 19.8 Å². The van der Waals surface area contributed by atoms with Crippen molar-refractivity contribution in [1.29, 1.82) is 0 Å². The Morgan fingerprint density at radius 2 is 1.72 bits per heavy atom. The van der Waals surface area contributed by atoms with E-state index in [0.717, 1.165) is 13.2 Å². The van der Waals surface area contributed by atoms with Gasteiger partial charge in [-0.3, -0.25) is 9.59 Å². The van der Waals surface area contributed by atoms with Crippen LogP contribution >= 0.6 is 0 Å². The zero-order valence-electron chi connectivity index (χ0n) is 9.91. The maximum atomic E-state index is 11.4. The summed E-state index contributed by atoms with van der Waals surface area (Å²) in [5, 5.41) is 17.8. The molecule has 0 aliphatic carbocycles. The highest BCUT2D eigenvalue weighted by Gasteiger charge is 2.28. The van der Waals surface area contributed by atoms with Gasteiger partial charge in [-0.05, 0) is 13.3 Å². The molecule has 0 spiro atoms. The van der Waals surface area contributed by atoms with E-state index in [2.05, 4.69) is 0 Å². The van der Waals surface area contributed by atoms with E-state index in [1.54, 1.807) is 0 Å². The van der Waals surface area contributed by atoms with Crippen molar-refractivity contribution in [3.63, 3.8) is 0 Å². The quantitative estimate of drug-likeness (QED) is 0.535. The minimum Gasteiger partial charge on any atom is -0.481 e. The molecule has 8 nitrogen and oxygen atoms in total. The molecule has 0 heterocycles. The van der Waals surface area contributed by atoms with E-state index in [4.69, 9.17) is 10.2 Å². The first kappa shape index (κ1) is 16.4. The van der Waals surface area contributed by atoms with Gasteiger partial charge in [0.2, 0.25) is 5.91 Å². The molecule has 0 aromatic rings. The Balaban J connectivity index is 4.65.